The van der Waals surface area contributed by atoms with Gasteiger partial charge in [-0.05, 0) is 11.6 Å². The first-order valence-corrected chi connectivity index (χ1v) is 7.50. The minimum Gasteiger partial charge on any atom is -0.340 e. The van der Waals surface area contributed by atoms with Crippen LogP contribution in [0.15, 0.2) is 60.8 Å². The summed E-state index contributed by atoms with van der Waals surface area (Å²) in [6, 6.07) is 17.5. The standard InChI is InChI=1S/C19H18N2O2/c1-20(11-15-7-3-2-4-8-15)19(23)13-21-12-16(14-22)17-9-5-6-10-18(17)21/h2-10,12,14H,11,13H2,1H3. The molecule has 0 saturated heterocycles. The number of hydrogen-bond donors (Lipinski definition) is 0. The van der Waals surface area contributed by atoms with E-state index in [1.165, 1.54) is 0 Å². The van der Waals surface area contributed by atoms with Gasteiger partial charge < -0.3 is 9.47 Å². The Balaban J connectivity index is 1.79. The van der Waals surface area contributed by atoms with Crippen molar-refractivity contribution in [2.45, 2.75) is 13.1 Å². The maximum Gasteiger partial charge on any atom is 0.242 e. The van der Waals surface area contributed by atoms with E-state index in [9.17, 15) is 9.59 Å². The Bertz CT molecular complexity index is 837. The molecule has 1 heterocycles. The van der Waals surface area contributed by atoms with Crippen LogP contribution in [0.1, 0.15) is 15.9 Å². The average molecular weight is 306 g/mol. The summed E-state index contributed by atoms with van der Waals surface area (Å²) in [4.78, 5) is 25.4. The molecule has 1 aromatic heterocycles. The van der Waals surface area contributed by atoms with Crippen molar-refractivity contribution in [1.82, 2.24) is 9.47 Å². The number of aromatic nitrogens is 1. The summed E-state index contributed by atoms with van der Waals surface area (Å²) in [6.45, 7) is 0.789. The Labute approximate surface area is 134 Å². The Kier molecular flexibility index (Phi) is 4.24. The first-order valence-electron chi connectivity index (χ1n) is 7.50. The van der Waals surface area contributed by atoms with Crippen LogP contribution in [0.4, 0.5) is 0 Å². The van der Waals surface area contributed by atoms with Gasteiger partial charge in [0.05, 0.1) is 0 Å². The second-order valence-electron chi connectivity index (χ2n) is 5.58. The highest BCUT2D eigenvalue weighted by atomic mass is 16.2. The van der Waals surface area contributed by atoms with E-state index in [0.29, 0.717) is 12.1 Å². The van der Waals surface area contributed by atoms with Crippen molar-refractivity contribution in [2.75, 3.05) is 7.05 Å². The molecular formula is C19H18N2O2. The summed E-state index contributed by atoms with van der Waals surface area (Å²) >= 11 is 0. The van der Waals surface area contributed by atoms with Gasteiger partial charge in [-0.3, -0.25) is 9.59 Å². The Morgan fingerprint density at radius 1 is 1.09 bits per heavy atom. The minimum atomic E-state index is 0.00653. The van der Waals surface area contributed by atoms with Crippen LogP contribution in [0.5, 0.6) is 0 Å². The molecule has 3 aromatic rings. The van der Waals surface area contributed by atoms with Crippen LogP contribution in [-0.2, 0) is 17.9 Å². The molecule has 0 N–H and O–H groups in total. The molecule has 0 spiro atoms. The third-order valence-corrected chi connectivity index (χ3v) is 3.94. The fourth-order valence-corrected chi connectivity index (χ4v) is 2.71. The summed E-state index contributed by atoms with van der Waals surface area (Å²) in [6.07, 6.45) is 2.57. The van der Waals surface area contributed by atoms with E-state index in [-0.39, 0.29) is 12.5 Å². The van der Waals surface area contributed by atoms with Gasteiger partial charge in [0.15, 0.2) is 6.29 Å². The number of benzene rings is 2. The van der Waals surface area contributed by atoms with Crippen molar-refractivity contribution in [3.05, 3.63) is 71.9 Å². The van der Waals surface area contributed by atoms with Crippen molar-refractivity contribution in [2.24, 2.45) is 0 Å². The molecule has 3 rings (SSSR count). The number of nitrogens with zero attached hydrogens (tertiary/aromatic N) is 2. The normalized spacial score (nSPS) is 10.7. The number of fused-ring (bicyclic) bond motifs is 1. The molecule has 4 nitrogen and oxygen atoms in total. The molecule has 0 saturated carbocycles. The fraction of sp³-hybridized carbons (Fsp3) is 0.158. The third kappa shape index (κ3) is 3.16. The number of hydrogen-bond acceptors (Lipinski definition) is 2. The largest absolute Gasteiger partial charge is 0.340 e. The van der Waals surface area contributed by atoms with Gasteiger partial charge in [-0.1, -0.05) is 48.5 Å². The van der Waals surface area contributed by atoms with E-state index in [0.717, 1.165) is 22.8 Å². The predicted octanol–water partition coefficient (Wildman–Crippen LogP) is 3.11. The van der Waals surface area contributed by atoms with Gasteiger partial charge in [0, 0.05) is 36.3 Å². The molecule has 2 aromatic carbocycles. The zero-order chi connectivity index (χ0) is 16.2. The number of amides is 1. The Morgan fingerprint density at radius 2 is 1.78 bits per heavy atom. The van der Waals surface area contributed by atoms with E-state index in [4.69, 9.17) is 0 Å². The lowest BCUT2D eigenvalue weighted by molar-refractivity contribution is -0.131. The van der Waals surface area contributed by atoms with Gasteiger partial charge in [-0.15, -0.1) is 0 Å². The average Bonchev–Trinajstić information content (AvgIpc) is 2.94. The highest BCUT2D eigenvalue weighted by Crippen LogP contribution is 2.20. The number of para-hydroxylation sites is 1. The highest BCUT2D eigenvalue weighted by molar-refractivity contribution is 5.98. The molecule has 23 heavy (non-hydrogen) atoms. The second kappa shape index (κ2) is 6.48. The topological polar surface area (TPSA) is 42.3 Å². The highest BCUT2D eigenvalue weighted by Gasteiger charge is 2.13. The maximum atomic E-state index is 12.5. The molecule has 0 aliphatic rings. The zero-order valence-electron chi connectivity index (χ0n) is 13.0. The summed E-state index contributed by atoms with van der Waals surface area (Å²) in [5.74, 6) is 0.00653. The quantitative estimate of drug-likeness (QED) is 0.680. The molecule has 0 fully saturated rings. The van der Waals surface area contributed by atoms with E-state index >= 15 is 0 Å². The summed E-state index contributed by atoms with van der Waals surface area (Å²) < 4.78 is 1.84. The first-order chi connectivity index (χ1) is 11.2. The van der Waals surface area contributed by atoms with E-state index in [2.05, 4.69) is 0 Å². The third-order valence-electron chi connectivity index (χ3n) is 3.94. The van der Waals surface area contributed by atoms with E-state index in [1.54, 1.807) is 18.1 Å². The van der Waals surface area contributed by atoms with Crippen LogP contribution in [0.3, 0.4) is 0 Å². The van der Waals surface area contributed by atoms with Crippen LogP contribution in [0.2, 0.25) is 0 Å². The minimum absolute atomic E-state index is 0.00653. The lowest BCUT2D eigenvalue weighted by atomic mass is 10.2. The van der Waals surface area contributed by atoms with Crippen molar-refractivity contribution >= 4 is 23.1 Å². The van der Waals surface area contributed by atoms with E-state index in [1.807, 2.05) is 59.2 Å². The van der Waals surface area contributed by atoms with Gasteiger partial charge in [0.1, 0.15) is 6.54 Å². The molecule has 116 valence electrons. The molecule has 1 amide bonds. The SMILES string of the molecule is CN(Cc1ccccc1)C(=O)Cn1cc(C=O)c2ccccc21. The zero-order valence-corrected chi connectivity index (χ0v) is 13.0. The predicted molar refractivity (Wildman–Crippen MR) is 90.2 cm³/mol. The Morgan fingerprint density at radius 3 is 2.52 bits per heavy atom. The maximum absolute atomic E-state index is 12.5. The van der Waals surface area contributed by atoms with Gasteiger partial charge in [0.25, 0.3) is 0 Å². The van der Waals surface area contributed by atoms with Gasteiger partial charge in [0.2, 0.25) is 5.91 Å². The van der Waals surface area contributed by atoms with Crippen LogP contribution in [-0.4, -0.2) is 28.7 Å². The van der Waals surface area contributed by atoms with Crippen LogP contribution < -0.4 is 0 Å². The summed E-state index contributed by atoms with van der Waals surface area (Å²) in [5, 5.41) is 0.876. The van der Waals surface area contributed by atoms with Crippen molar-refractivity contribution in [1.29, 1.82) is 0 Å². The number of aldehydes is 1. The summed E-state index contributed by atoms with van der Waals surface area (Å²) in [5.41, 5.74) is 2.60. The van der Waals surface area contributed by atoms with Crippen LogP contribution in [0.25, 0.3) is 10.9 Å². The molecule has 0 atom stereocenters. The van der Waals surface area contributed by atoms with Crippen LogP contribution in [0, 0.1) is 0 Å². The number of likely N-dealkylation sites (N-methyl/N-ethyl adjacent to an activating group) is 1. The molecule has 0 aliphatic carbocycles. The first kappa shape index (κ1) is 15.0. The van der Waals surface area contributed by atoms with Gasteiger partial charge in [-0.2, -0.15) is 0 Å². The van der Waals surface area contributed by atoms with Crippen molar-refractivity contribution in [3.63, 3.8) is 0 Å². The second-order valence-corrected chi connectivity index (χ2v) is 5.58. The number of carbonyl (C=O) groups is 2. The molecule has 0 aliphatic heterocycles. The van der Waals surface area contributed by atoms with Gasteiger partial charge in [-0.25, -0.2) is 0 Å². The lowest BCUT2D eigenvalue weighted by Crippen LogP contribution is -2.29. The smallest absolute Gasteiger partial charge is 0.242 e. The molecular weight excluding hydrogens is 288 g/mol. The lowest BCUT2D eigenvalue weighted by Gasteiger charge is -2.18. The molecule has 0 radical (unpaired) electrons. The van der Waals surface area contributed by atoms with E-state index < -0.39 is 0 Å². The van der Waals surface area contributed by atoms with Crippen LogP contribution >= 0.6 is 0 Å². The monoisotopic (exact) mass is 306 g/mol. The van der Waals surface area contributed by atoms with Crippen molar-refractivity contribution in [3.8, 4) is 0 Å². The molecule has 0 unspecified atom stereocenters. The number of rotatable bonds is 5. The van der Waals surface area contributed by atoms with Crippen molar-refractivity contribution < 1.29 is 9.59 Å². The summed E-state index contributed by atoms with van der Waals surface area (Å²) in [7, 11) is 1.79. The number of carbonyl (C=O) groups excluding carboxylic acids is 2. The molecule has 0 bridgehead atoms. The molecule has 4 heteroatoms. The fourth-order valence-electron chi connectivity index (χ4n) is 2.71. The Hall–Kier alpha value is -2.88. The van der Waals surface area contributed by atoms with Gasteiger partial charge >= 0.3 is 0 Å².